The molecule has 2 heteroatoms. The van der Waals surface area contributed by atoms with E-state index in [-0.39, 0.29) is 12.1 Å². The van der Waals surface area contributed by atoms with Crippen molar-refractivity contribution in [2.75, 3.05) is 0 Å². The molecule has 2 rings (SSSR count). The molecule has 80 valence electrons. The van der Waals surface area contributed by atoms with Gasteiger partial charge in [0.1, 0.15) is 6.10 Å². The fourth-order valence-electron chi connectivity index (χ4n) is 3.47. The SMILES string of the molecule is CC(=O)O[C@H]1CCC[C@]2(C)CCCC12. The van der Waals surface area contributed by atoms with E-state index in [1.165, 1.54) is 39.0 Å². The van der Waals surface area contributed by atoms with Crippen LogP contribution in [0.25, 0.3) is 0 Å². The van der Waals surface area contributed by atoms with E-state index >= 15 is 0 Å². The van der Waals surface area contributed by atoms with Crippen LogP contribution in [0.15, 0.2) is 0 Å². The summed E-state index contributed by atoms with van der Waals surface area (Å²) in [5, 5.41) is 0. The summed E-state index contributed by atoms with van der Waals surface area (Å²) in [4.78, 5) is 11.0. The van der Waals surface area contributed by atoms with Gasteiger partial charge in [-0.05, 0) is 37.5 Å². The minimum atomic E-state index is -0.105. The van der Waals surface area contributed by atoms with Crippen molar-refractivity contribution in [1.82, 2.24) is 0 Å². The quantitative estimate of drug-likeness (QED) is 0.603. The second kappa shape index (κ2) is 3.56. The van der Waals surface area contributed by atoms with Gasteiger partial charge in [0.05, 0.1) is 0 Å². The molecule has 2 aliphatic rings. The topological polar surface area (TPSA) is 26.3 Å². The Labute approximate surface area is 86.0 Å². The Kier molecular flexibility index (Phi) is 2.54. The molecule has 0 N–H and O–H groups in total. The zero-order valence-corrected chi connectivity index (χ0v) is 9.21. The summed E-state index contributed by atoms with van der Waals surface area (Å²) in [6, 6.07) is 0. The summed E-state index contributed by atoms with van der Waals surface area (Å²) in [6.07, 6.45) is 7.76. The molecule has 0 aliphatic heterocycles. The number of carbonyl (C=O) groups excluding carboxylic acids is 1. The van der Waals surface area contributed by atoms with Crippen molar-refractivity contribution in [2.24, 2.45) is 11.3 Å². The molecule has 0 amide bonds. The minimum absolute atomic E-state index is 0.105. The lowest BCUT2D eigenvalue weighted by Crippen LogP contribution is -2.38. The van der Waals surface area contributed by atoms with Crippen LogP contribution in [0.4, 0.5) is 0 Å². The lowest BCUT2D eigenvalue weighted by molar-refractivity contribution is -0.154. The second-order valence-corrected chi connectivity index (χ2v) is 5.19. The first-order valence-corrected chi connectivity index (χ1v) is 5.79. The molecule has 2 saturated carbocycles. The number of hydrogen-bond donors (Lipinski definition) is 0. The molecular weight excluding hydrogens is 176 g/mol. The van der Waals surface area contributed by atoms with Crippen LogP contribution in [-0.4, -0.2) is 12.1 Å². The van der Waals surface area contributed by atoms with Crippen LogP contribution in [-0.2, 0) is 9.53 Å². The summed E-state index contributed by atoms with van der Waals surface area (Å²) in [7, 11) is 0. The van der Waals surface area contributed by atoms with E-state index in [2.05, 4.69) is 6.92 Å². The third-order valence-corrected chi connectivity index (χ3v) is 4.16. The van der Waals surface area contributed by atoms with Gasteiger partial charge >= 0.3 is 5.97 Å². The maximum Gasteiger partial charge on any atom is 0.302 e. The fourth-order valence-corrected chi connectivity index (χ4v) is 3.47. The highest BCUT2D eigenvalue weighted by Gasteiger charge is 2.46. The van der Waals surface area contributed by atoms with Crippen LogP contribution < -0.4 is 0 Å². The van der Waals surface area contributed by atoms with Gasteiger partial charge in [0.25, 0.3) is 0 Å². The monoisotopic (exact) mass is 196 g/mol. The predicted molar refractivity (Wildman–Crippen MR) is 54.9 cm³/mol. The number of hydrogen-bond acceptors (Lipinski definition) is 2. The third-order valence-electron chi connectivity index (χ3n) is 4.16. The highest BCUT2D eigenvalue weighted by molar-refractivity contribution is 5.66. The Balaban J connectivity index is 2.07. The molecule has 0 bridgehead atoms. The van der Waals surface area contributed by atoms with Gasteiger partial charge in [-0.25, -0.2) is 0 Å². The summed E-state index contributed by atoms with van der Waals surface area (Å²) >= 11 is 0. The third kappa shape index (κ3) is 1.67. The molecule has 0 saturated heterocycles. The number of fused-ring (bicyclic) bond motifs is 1. The molecule has 2 aliphatic carbocycles. The summed E-state index contributed by atoms with van der Waals surface area (Å²) < 4.78 is 5.43. The standard InChI is InChI=1S/C12H20O2/c1-9(13)14-11-6-4-8-12(2)7-3-5-10(11)12/h10-11H,3-8H2,1-2H3/t10?,11-,12-/m0/s1. The van der Waals surface area contributed by atoms with Gasteiger partial charge in [-0.1, -0.05) is 13.3 Å². The van der Waals surface area contributed by atoms with Gasteiger partial charge in [0, 0.05) is 12.8 Å². The lowest BCUT2D eigenvalue weighted by Gasteiger charge is -2.41. The van der Waals surface area contributed by atoms with Crippen molar-refractivity contribution < 1.29 is 9.53 Å². The molecule has 2 fully saturated rings. The van der Waals surface area contributed by atoms with Crippen molar-refractivity contribution in [2.45, 2.75) is 58.5 Å². The van der Waals surface area contributed by atoms with E-state index in [0.717, 1.165) is 6.42 Å². The first-order valence-electron chi connectivity index (χ1n) is 5.79. The van der Waals surface area contributed by atoms with Gasteiger partial charge in [-0.2, -0.15) is 0 Å². The largest absolute Gasteiger partial charge is 0.462 e. The van der Waals surface area contributed by atoms with Gasteiger partial charge in [-0.3, -0.25) is 4.79 Å². The van der Waals surface area contributed by atoms with Crippen LogP contribution in [0.1, 0.15) is 52.4 Å². The number of esters is 1. The Morgan fingerprint density at radius 3 is 2.57 bits per heavy atom. The molecule has 0 heterocycles. The van der Waals surface area contributed by atoms with Crippen molar-refractivity contribution in [3.63, 3.8) is 0 Å². The van der Waals surface area contributed by atoms with Crippen molar-refractivity contribution in [1.29, 1.82) is 0 Å². The van der Waals surface area contributed by atoms with Crippen LogP contribution >= 0.6 is 0 Å². The Hall–Kier alpha value is -0.530. The van der Waals surface area contributed by atoms with Gasteiger partial charge < -0.3 is 4.74 Å². The van der Waals surface area contributed by atoms with Crippen LogP contribution in [0.3, 0.4) is 0 Å². The van der Waals surface area contributed by atoms with Gasteiger partial charge in [-0.15, -0.1) is 0 Å². The van der Waals surface area contributed by atoms with E-state index in [1.807, 2.05) is 0 Å². The van der Waals surface area contributed by atoms with Crippen LogP contribution in [0.5, 0.6) is 0 Å². The summed E-state index contributed by atoms with van der Waals surface area (Å²) in [5.74, 6) is 0.534. The smallest absolute Gasteiger partial charge is 0.302 e. The Bertz CT molecular complexity index is 236. The molecule has 0 aromatic rings. The maximum atomic E-state index is 11.0. The van der Waals surface area contributed by atoms with E-state index in [9.17, 15) is 4.79 Å². The Morgan fingerprint density at radius 2 is 1.93 bits per heavy atom. The summed E-state index contributed by atoms with van der Waals surface area (Å²) in [5.41, 5.74) is 0.471. The minimum Gasteiger partial charge on any atom is -0.462 e. The van der Waals surface area contributed by atoms with Gasteiger partial charge in [0.15, 0.2) is 0 Å². The first-order chi connectivity index (χ1) is 6.62. The number of carbonyl (C=O) groups is 1. The fraction of sp³-hybridized carbons (Fsp3) is 0.917. The average Bonchev–Trinajstić information content (AvgIpc) is 2.46. The molecule has 3 atom stereocenters. The average molecular weight is 196 g/mol. The van der Waals surface area contributed by atoms with Crippen LogP contribution in [0.2, 0.25) is 0 Å². The molecule has 2 nitrogen and oxygen atoms in total. The van der Waals surface area contributed by atoms with Crippen molar-refractivity contribution >= 4 is 5.97 Å². The van der Waals surface area contributed by atoms with Gasteiger partial charge in [0.2, 0.25) is 0 Å². The molecule has 0 spiro atoms. The van der Waals surface area contributed by atoms with Crippen molar-refractivity contribution in [3.8, 4) is 0 Å². The van der Waals surface area contributed by atoms with Crippen LogP contribution in [0, 0.1) is 11.3 Å². The van der Waals surface area contributed by atoms with E-state index in [1.54, 1.807) is 0 Å². The molecule has 14 heavy (non-hydrogen) atoms. The molecule has 0 aromatic heterocycles. The number of ether oxygens (including phenoxy) is 1. The van der Waals surface area contributed by atoms with E-state index in [0.29, 0.717) is 11.3 Å². The first kappa shape index (κ1) is 10.0. The Morgan fingerprint density at radius 1 is 1.29 bits per heavy atom. The highest BCUT2D eigenvalue weighted by Crippen LogP contribution is 2.52. The summed E-state index contributed by atoms with van der Waals surface area (Å²) in [6.45, 7) is 3.90. The predicted octanol–water partition coefficient (Wildman–Crippen LogP) is 2.91. The zero-order chi connectivity index (χ0) is 10.2. The normalized spacial score (nSPS) is 41.9. The maximum absolute atomic E-state index is 11.0. The molecule has 1 unspecified atom stereocenters. The van der Waals surface area contributed by atoms with E-state index in [4.69, 9.17) is 4.74 Å². The molecule has 0 aromatic carbocycles. The van der Waals surface area contributed by atoms with Crippen molar-refractivity contribution in [3.05, 3.63) is 0 Å². The lowest BCUT2D eigenvalue weighted by atomic mass is 9.68. The zero-order valence-electron chi connectivity index (χ0n) is 9.21. The van der Waals surface area contributed by atoms with E-state index < -0.39 is 0 Å². The second-order valence-electron chi connectivity index (χ2n) is 5.19. The highest BCUT2D eigenvalue weighted by atomic mass is 16.5. The number of rotatable bonds is 1. The molecule has 0 radical (unpaired) electrons. The molecular formula is C12H20O2.